The molecule has 0 saturated carbocycles. The number of halogens is 6. The number of benzene rings is 3. The van der Waals surface area contributed by atoms with Gasteiger partial charge < -0.3 is 5.11 Å². The van der Waals surface area contributed by atoms with E-state index in [4.69, 9.17) is 0 Å². The molecule has 0 amide bonds. The number of likely N-dealkylation sites (tertiary alicyclic amines) is 1. The van der Waals surface area contributed by atoms with Gasteiger partial charge in [-0.15, -0.1) is 0 Å². The minimum Gasteiger partial charge on any atom is -0.481 e. The molecule has 3 aromatic carbocycles. The van der Waals surface area contributed by atoms with Crippen molar-refractivity contribution in [1.82, 2.24) is 4.90 Å². The second-order valence-corrected chi connectivity index (χ2v) is 11.9. The molecule has 3 atom stereocenters. The van der Waals surface area contributed by atoms with Gasteiger partial charge in [0.1, 0.15) is 0 Å². The van der Waals surface area contributed by atoms with Crippen molar-refractivity contribution in [1.29, 1.82) is 0 Å². The summed E-state index contributed by atoms with van der Waals surface area (Å²) in [6.07, 6.45) is -6.09. The third kappa shape index (κ3) is 7.99. The number of carbonyl (C=O) groups is 1. The van der Waals surface area contributed by atoms with Crippen LogP contribution >= 0.6 is 0 Å². The van der Waals surface area contributed by atoms with Crippen molar-refractivity contribution in [3.05, 3.63) is 94.5 Å². The van der Waals surface area contributed by atoms with Crippen molar-refractivity contribution < 1.29 is 36.2 Å². The number of hydrogen-bond donors (Lipinski definition) is 1. The number of carboxylic acids is 1. The van der Waals surface area contributed by atoms with Crippen molar-refractivity contribution >= 4 is 5.97 Å². The largest absolute Gasteiger partial charge is 0.481 e. The Hall–Kier alpha value is -3.33. The highest BCUT2D eigenvalue weighted by atomic mass is 19.4. The van der Waals surface area contributed by atoms with E-state index >= 15 is 0 Å². The summed E-state index contributed by atoms with van der Waals surface area (Å²) >= 11 is 0. The summed E-state index contributed by atoms with van der Waals surface area (Å²) in [6, 6.07) is 15.7. The summed E-state index contributed by atoms with van der Waals surface area (Å²) in [5, 5.41) is 10.1. The van der Waals surface area contributed by atoms with Gasteiger partial charge in [0.25, 0.3) is 0 Å². The van der Waals surface area contributed by atoms with E-state index in [1.807, 2.05) is 32.9 Å². The van der Waals surface area contributed by atoms with E-state index in [-0.39, 0.29) is 17.9 Å². The summed E-state index contributed by atoms with van der Waals surface area (Å²) in [4.78, 5) is 14.6. The lowest BCUT2D eigenvalue weighted by molar-refractivity contribution is -0.139. The van der Waals surface area contributed by atoms with Gasteiger partial charge in [-0.25, -0.2) is 0 Å². The molecule has 9 heteroatoms. The quantitative estimate of drug-likeness (QED) is 0.247. The summed E-state index contributed by atoms with van der Waals surface area (Å²) in [5.74, 6) is -1.61. The third-order valence-electron chi connectivity index (χ3n) is 8.31. The van der Waals surface area contributed by atoms with E-state index in [1.165, 1.54) is 24.3 Å². The lowest BCUT2D eigenvalue weighted by atomic mass is 9.82. The highest BCUT2D eigenvalue weighted by Crippen LogP contribution is 2.39. The molecule has 43 heavy (non-hydrogen) atoms. The summed E-state index contributed by atoms with van der Waals surface area (Å²) in [6.45, 7) is 7.28. The second-order valence-electron chi connectivity index (χ2n) is 11.9. The number of piperidine rings is 1. The van der Waals surface area contributed by atoms with Crippen molar-refractivity contribution in [3.63, 3.8) is 0 Å². The lowest BCUT2D eigenvalue weighted by Crippen LogP contribution is -2.37. The number of alkyl halides is 6. The van der Waals surface area contributed by atoms with Crippen LogP contribution in [0.1, 0.15) is 92.1 Å². The first-order valence-electron chi connectivity index (χ1n) is 14.6. The molecule has 0 bridgehead atoms. The van der Waals surface area contributed by atoms with Crippen LogP contribution in [0.5, 0.6) is 0 Å². The van der Waals surface area contributed by atoms with E-state index in [0.29, 0.717) is 36.1 Å². The summed E-state index contributed by atoms with van der Waals surface area (Å²) in [5.41, 5.74) is 2.10. The lowest BCUT2D eigenvalue weighted by Gasteiger charge is -2.39. The molecule has 0 aromatic heterocycles. The van der Waals surface area contributed by atoms with Crippen LogP contribution in [0.2, 0.25) is 0 Å². The Morgan fingerprint density at radius 3 is 1.95 bits per heavy atom. The summed E-state index contributed by atoms with van der Waals surface area (Å²) in [7, 11) is 0. The minimum atomic E-state index is -4.47. The van der Waals surface area contributed by atoms with Crippen molar-refractivity contribution in [2.45, 2.75) is 76.7 Å². The van der Waals surface area contributed by atoms with Gasteiger partial charge in [0.15, 0.2) is 0 Å². The zero-order chi connectivity index (χ0) is 31.5. The van der Waals surface area contributed by atoms with Crippen LogP contribution in [-0.2, 0) is 17.1 Å². The molecule has 1 N–H and O–H groups in total. The monoisotopic (exact) mass is 605 g/mol. The molecule has 1 fully saturated rings. The van der Waals surface area contributed by atoms with Gasteiger partial charge in [-0.1, -0.05) is 63.2 Å². The predicted octanol–water partition coefficient (Wildman–Crippen LogP) is 9.94. The topological polar surface area (TPSA) is 40.5 Å². The minimum absolute atomic E-state index is 0.0129. The van der Waals surface area contributed by atoms with Crippen LogP contribution in [0.15, 0.2) is 66.7 Å². The molecule has 3 aromatic rings. The summed E-state index contributed by atoms with van der Waals surface area (Å²) < 4.78 is 79.1. The van der Waals surface area contributed by atoms with Gasteiger partial charge in [-0.2, -0.15) is 26.3 Å². The van der Waals surface area contributed by atoms with Crippen LogP contribution in [0.25, 0.3) is 11.1 Å². The van der Waals surface area contributed by atoms with Crippen LogP contribution in [0.4, 0.5) is 26.3 Å². The Labute approximate surface area is 248 Å². The molecule has 3 nitrogen and oxygen atoms in total. The van der Waals surface area contributed by atoms with Crippen LogP contribution in [-0.4, -0.2) is 29.1 Å². The van der Waals surface area contributed by atoms with Gasteiger partial charge in [-0.3, -0.25) is 9.69 Å². The first-order chi connectivity index (χ1) is 20.2. The van der Waals surface area contributed by atoms with E-state index < -0.39 is 35.4 Å². The molecular weight excluding hydrogens is 568 g/mol. The highest BCUT2D eigenvalue weighted by molar-refractivity contribution is 5.78. The average Bonchev–Trinajstić information content (AvgIpc) is 2.95. The Kier molecular flexibility index (Phi) is 9.94. The Morgan fingerprint density at radius 2 is 1.44 bits per heavy atom. The fraction of sp³-hybridized carbons (Fsp3) is 0.441. The Bertz CT molecular complexity index is 1380. The number of nitrogens with zero attached hydrogens (tertiary/aromatic N) is 1. The molecule has 0 spiro atoms. The van der Waals surface area contributed by atoms with Gasteiger partial charge in [-0.05, 0) is 96.1 Å². The first kappa shape index (κ1) is 32.6. The fourth-order valence-electron chi connectivity index (χ4n) is 6.14. The number of aliphatic carboxylic acids is 1. The highest BCUT2D eigenvalue weighted by Gasteiger charge is 2.33. The molecule has 1 aliphatic rings. The maximum Gasteiger partial charge on any atom is 0.416 e. The Balaban J connectivity index is 1.70. The number of carboxylic acid groups (broad SMARTS) is 1. The molecule has 0 radical (unpaired) electrons. The van der Waals surface area contributed by atoms with Gasteiger partial charge in [0.2, 0.25) is 0 Å². The van der Waals surface area contributed by atoms with Gasteiger partial charge in [0.05, 0.1) is 17.0 Å². The van der Waals surface area contributed by atoms with Crippen LogP contribution in [0.3, 0.4) is 0 Å². The third-order valence-corrected chi connectivity index (χ3v) is 8.31. The normalized spacial score (nSPS) is 18.0. The molecule has 1 saturated heterocycles. The smallest absolute Gasteiger partial charge is 0.416 e. The van der Waals surface area contributed by atoms with E-state index in [9.17, 15) is 36.2 Å². The average molecular weight is 606 g/mol. The molecule has 2 unspecified atom stereocenters. The maximum absolute atomic E-state index is 13.2. The van der Waals surface area contributed by atoms with E-state index in [0.717, 1.165) is 54.8 Å². The molecule has 1 aliphatic heterocycles. The number of rotatable bonds is 9. The molecule has 232 valence electrons. The predicted molar refractivity (Wildman–Crippen MR) is 155 cm³/mol. The van der Waals surface area contributed by atoms with E-state index in [2.05, 4.69) is 4.90 Å². The number of hydrogen-bond acceptors (Lipinski definition) is 2. The Morgan fingerprint density at radius 1 is 0.860 bits per heavy atom. The standard InChI is InChI=1S/C34H37F6NO2/c1-4-31(23-9-13-29(14-10-23)34(38,39)40)41-15-5-6-24(20-41)26-17-25(22-7-11-28(12-8-22)33(35,36)37)18-27(19-26)30(32(42)43)16-21(2)3/h7-14,17-19,21,24,30-31H,4-6,15-16,20H2,1-3H3,(H,42,43)/t24?,30-,31?/m1/s1. The van der Waals surface area contributed by atoms with Crippen molar-refractivity contribution in [2.24, 2.45) is 5.92 Å². The zero-order valence-corrected chi connectivity index (χ0v) is 24.5. The SMILES string of the molecule is CCC(c1ccc(C(F)(F)F)cc1)N1CCCC(c2cc(-c3ccc(C(F)(F)F)cc3)cc([C@@H](CC(C)C)C(=O)O)c2)C1. The van der Waals surface area contributed by atoms with Crippen LogP contribution < -0.4 is 0 Å². The molecule has 1 heterocycles. The molecule has 0 aliphatic carbocycles. The van der Waals surface area contributed by atoms with E-state index in [1.54, 1.807) is 6.07 Å². The molecule has 4 rings (SSSR count). The zero-order valence-electron chi connectivity index (χ0n) is 24.5. The molecular formula is C34H37F6NO2. The van der Waals surface area contributed by atoms with Gasteiger partial charge in [0, 0.05) is 12.6 Å². The van der Waals surface area contributed by atoms with Crippen molar-refractivity contribution in [2.75, 3.05) is 13.1 Å². The second kappa shape index (κ2) is 13.1. The van der Waals surface area contributed by atoms with Gasteiger partial charge >= 0.3 is 18.3 Å². The maximum atomic E-state index is 13.2. The van der Waals surface area contributed by atoms with Crippen LogP contribution in [0, 0.1) is 5.92 Å². The van der Waals surface area contributed by atoms with Crippen molar-refractivity contribution in [3.8, 4) is 11.1 Å². The fourth-order valence-corrected chi connectivity index (χ4v) is 6.14. The first-order valence-corrected chi connectivity index (χ1v) is 14.6.